The molecule has 0 unspecified atom stereocenters. The van der Waals surface area contributed by atoms with Gasteiger partial charge >= 0.3 is 0 Å². The van der Waals surface area contributed by atoms with Crippen molar-refractivity contribution in [3.05, 3.63) is 35.6 Å². The zero-order chi connectivity index (χ0) is 13.7. The minimum Gasteiger partial charge on any atom is -0.368 e. The second-order valence-electron chi connectivity index (χ2n) is 3.47. The summed E-state index contributed by atoms with van der Waals surface area (Å²) in [7, 11) is 0. The normalized spacial score (nSPS) is 10.2. The number of carbonyl (C=O) groups is 1. The van der Waals surface area contributed by atoms with Crippen LogP contribution in [0.2, 0.25) is 5.02 Å². The van der Waals surface area contributed by atoms with Gasteiger partial charge in [0.25, 0.3) is 0 Å². The van der Waals surface area contributed by atoms with Crippen LogP contribution in [0.5, 0.6) is 0 Å². The molecule has 98 valence electrons. The Bertz CT molecular complexity index is 578. The van der Waals surface area contributed by atoms with E-state index >= 15 is 0 Å². The lowest BCUT2D eigenvalue weighted by Gasteiger charge is -2.04. The molecule has 0 aliphatic carbocycles. The van der Waals surface area contributed by atoms with Gasteiger partial charge in [-0.25, -0.2) is 9.97 Å². The van der Waals surface area contributed by atoms with E-state index in [2.05, 4.69) is 20.3 Å². The number of carbonyl (C=O) groups excluding carboxylic acids is 1. The molecule has 19 heavy (non-hydrogen) atoms. The lowest BCUT2D eigenvalue weighted by Crippen LogP contribution is -2.14. The van der Waals surface area contributed by atoms with Crippen LogP contribution >= 0.6 is 23.4 Å². The number of nitrogens with two attached hydrogens (primary N) is 1. The molecule has 1 amide bonds. The Kier molecular flexibility index (Phi) is 4.53. The number of thioether (sulfide) groups is 1. The molecule has 8 heteroatoms. The van der Waals surface area contributed by atoms with E-state index < -0.39 is 0 Å². The van der Waals surface area contributed by atoms with Gasteiger partial charge in [0.15, 0.2) is 5.16 Å². The third kappa shape index (κ3) is 4.38. The van der Waals surface area contributed by atoms with E-state index in [0.29, 0.717) is 15.9 Å². The molecular weight excluding hydrogens is 286 g/mol. The van der Waals surface area contributed by atoms with Crippen molar-refractivity contribution in [2.45, 2.75) is 5.16 Å². The van der Waals surface area contributed by atoms with Crippen LogP contribution in [0.25, 0.3) is 0 Å². The van der Waals surface area contributed by atoms with Gasteiger partial charge in [0, 0.05) is 10.7 Å². The minimum atomic E-state index is -0.161. The maximum Gasteiger partial charge on any atom is 0.234 e. The molecule has 1 aromatic carbocycles. The van der Waals surface area contributed by atoms with Crippen molar-refractivity contribution >= 4 is 40.9 Å². The Labute approximate surface area is 118 Å². The van der Waals surface area contributed by atoms with Gasteiger partial charge in [-0.05, 0) is 24.3 Å². The lowest BCUT2D eigenvalue weighted by molar-refractivity contribution is -0.113. The molecule has 0 spiro atoms. The third-order valence-corrected chi connectivity index (χ3v) is 3.14. The van der Waals surface area contributed by atoms with Crippen molar-refractivity contribution in [1.82, 2.24) is 15.0 Å². The van der Waals surface area contributed by atoms with E-state index in [4.69, 9.17) is 17.3 Å². The van der Waals surface area contributed by atoms with Crippen LogP contribution in [-0.4, -0.2) is 26.6 Å². The summed E-state index contributed by atoms with van der Waals surface area (Å²) in [5.41, 5.74) is 6.10. The topological polar surface area (TPSA) is 93.8 Å². The molecule has 1 aromatic heterocycles. The van der Waals surface area contributed by atoms with Crippen LogP contribution in [-0.2, 0) is 4.79 Å². The number of amides is 1. The molecule has 0 saturated heterocycles. The molecule has 0 fully saturated rings. The van der Waals surface area contributed by atoms with Gasteiger partial charge < -0.3 is 11.1 Å². The Morgan fingerprint density at radius 2 is 2.05 bits per heavy atom. The SMILES string of the molecule is Nc1ncnc(SCC(=O)Nc2ccc(Cl)cc2)n1. The van der Waals surface area contributed by atoms with Crippen molar-refractivity contribution in [3.63, 3.8) is 0 Å². The minimum absolute atomic E-state index is 0.135. The molecular formula is C11H10ClN5OS. The molecule has 3 N–H and O–H groups in total. The Morgan fingerprint density at radius 1 is 1.32 bits per heavy atom. The molecule has 2 aromatic rings. The number of anilines is 2. The summed E-state index contributed by atoms with van der Waals surface area (Å²) in [6.45, 7) is 0. The molecule has 0 aliphatic rings. The van der Waals surface area contributed by atoms with E-state index in [1.807, 2.05) is 0 Å². The second kappa shape index (κ2) is 6.35. The van der Waals surface area contributed by atoms with E-state index in [1.165, 1.54) is 18.1 Å². The van der Waals surface area contributed by atoms with E-state index in [-0.39, 0.29) is 17.6 Å². The average Bonchev–Trinajstić information content (AvgIpc) is 2.39. The van der Waals surface area contributed by atoms with Gasteiger partial charge in [0.1, 0.15) is 6.33 Å². The summed E-state index contributed by atoms with van der Waals surface area (Å²) < 4.78 is 0. The Morgan fingerprint density at radius 3 is 2.74 bits per heavy atom. The summed E-state index contributed by atoms with van der Waals surface area (Å²) in [5, 5.41) is 3.77. The third-order valence-electron chi connectivity index (χ3n) is 2.03. The number of halogens is 1. The van der Waals surface area contributed by atoms with Gasteiger partial charge in [0.05, 0.1) is 5.75 Å². The van der Waals surface area contributed by atoms with Crippen molar-refractivity contribution < 1.29 is 4.79 Å². The summed E-state index contributed by atoms with van der Waals surface area (Å²) in [5.74, 6) is 0.161. The van der Waals surface area contributed by atoms with E-state index in [9.17, 15) is 4.79 Å². The van der Waals surface area contributed by atoms with Gasteiger partial charge in [0.2, 0.25) is 11.9 Å². The maximum atomic E-state index is 11.7. The second-order valence-corrected chi connectivity index (χ2v) is 4.85. The molecule has 0 radical (unpaired) electrons. The fraction of sp³-hybridized carbons (Fsp3) is 0.0909. The predicted molar refractivity (Wildman–Crippen MR) is 75.0 cm³/mol. The first-order valence-corrected chi connectivity index (χ1v) is 6.62. The zero-order valence-corrected chi connectivity index (χ0v) is 11.3. The van der Waals surface area contributed by atoms with E-state index in [0.717, 1.165) is 0 Å². The molecule has 0 aliphatic heterocycles. The van der Waals surface area contributed by atoms with Crippen LogP contribution in [0.4, 0.5) is 11.6 Å². The van der Waals surface area contributed by atoms with Crippen molar-refractivity contribution in [1.29, 1.82) is 0 Å². The average molecular weight is 296 g/mol. The molecule has 6 nitrogen and oxygen atoms in total. The maximum absolute atomic E-state index is 11.7. The number of nitrogens with one attached hydrogen (secondary N) is 1. The van der Waals surface area contributed by atoms with Gasteiger partial charge in [-0.15, -0.1) is 0 Å². The highest BCUT2D eigenvalue weighted by Gasteiger charge is 2.06. The smallest absolute Gasteiger partial charge is 0.234 e. The monoisotopic (exact) mass is 295 g/mol. The fourth-order valence-corrected chi connectivity index (χ4v) is 1.96. The van der Waals surface area contributed by atoms with Crippen molar-refractivity contribution in [2.24, 2.45) is 0 Å². The number of nitrogen functional groups attached to an aromatic ring is 1. The molecule has 0 saturated carbocycles. The molecule has 2 rings (SSSR count). The van der Waals surface area contributed by atoms with Crippen LogP contribution in [0.15, 0.2) is 35.7 Å². The highest BCUT2D eigenvalue weighted by atomic mass is 35.5. The zero-order valence-electron chi connectivity index (χ0n) is 9.71. The van der Waals surface area contributed by atoms with Crippen molar-refractivity contribution in [2.75, 3.05) is 16.8 Å². The molecule has 0 bridgehead atoms. The van der Waals surface area contributed by atoms with Gasteiger partial charge in [-0.1, -0.05) is 23.4 Å². The largest absolute Gasteiger partial charge is 0.368 e. The van der Waals surface area contributed by atoms with Crippen LogP contribution < -0.4 is 11.1 Å². The van der Waals surface area contributed by atoms with Crippen LogP contribution in [0.1, 0.15) is 0 Å². The summed E-state index contributed by atoms with van der Waals surface area (Å²) in [6, 6.07) is 6.87. The Balaban J connectivity index is 1.86. The van der Waals surface area contributed by atoms with Crippen molar-refractivity contribution in [3.8, 4) is 0 Å². The highest BCUT2D eigenvalue weighted by molar-refractivity contribution is 7.99. The fourth-order valence-electron chi connectivity index (χ4n) is 1.22. The lowest BCUT2D eigenvalue weighted by atomic mass is 10.3. The number of benzene rings is 1. The first-order chi connectivity index (χ1) is 9.13. The van der Waals surface area contributed by atoms with E-state index in [1.54, 1.807) is 24.3 Å². The summed E-state index contributed by atoms with van der Waals surface area (Å²) in [6.07, 6.45) is 1.31. The molecule has 0 atom stereocenters. The number of aromatic nitrogens is 3. The predicted octanol–water partition coefficient (Wildman–Crippen LogP) is 1.84. The number of hydrogen-bond acceptors (Lipinski definition) is 6. The highest BCUT2D eigenvalue weighted by Crippen LogP contribution is 2.15. The van der Waals surface area contributed by atoms with Gasteiger partial charge in [-0.2, -0.15) is 4.98 Å². The first kappa shape index (κ1) is 13.6. The van der Waals surface area contributed by atoms with Crippen LogP contribution in [0.3, 0.4) is 0 Å². The van der Waals surface area contributed by atoms with Gasteiger partial charge in [-0.3, -0.25) is 4.79 Å². The first-order valence-electron chi connectivity index (χ1n) is 5.26. The number of rotatable bonds is 4. The Hall–Kier alpha value is -1.86. The standard InChI is InChI=1S/C11H10ClN5OS/c12-7-1-3-8(4-2-7)16-9(18)5-19-11-15-6-14-10(13)17-11/h1-4,6H,5H2,(H,16,18)(H2,13,14,15,17). The quantitative estimate of drug-likeness (QED) is 0.836. The molecule has 1 heterocycles. The number of nitrogens with zero attached hydrogens (tertiary/aromatic N) is 3. The summed E-state index contributed by atoms with van der Waals surface area (Å²) in [4.78, 5) is 23.1. The number of hydrogen-bond donors (Lipinski definition) is 2. The summed E-state index contributed by atoms with van der Waals surface area (Å²) >= 11 is 6.94. The van der Waals surface area contributed by atoms with Crippen LogP contribution in [0, 0.1) is 0 Å².